The van der Waals surface area contributed by atoms with Gasteiger partial charge in [-0.25, -0.2) is 0 Å². The Balaban J connectivity index is 1.45. The van der Waals surface area contributed by atoms with E-state index in [2.05, 4.69) is 12.2 Å². The minimum atomic E-state index is 0.541. The molecule has 0 saturated heterocycles. The molecule has 2 nitrogen and oxygen atoms in total. The van der Waals surface area contributed by atoms with Crippen LogP contribution in [-0.4, -0.2) is 12.6 Å². The molecule has 1 aromatic carbocycles. The Bertz CT molecular complexity index is 564. The van der Waals surface area contributed by atoms with Gasteiger partial charge in [-0.05, 0) is 93.7 Å². The van der Waals surface area contributed by atoms with E-state index in [4.69, 9.17) is 16.3 Å². The smallest absolute Gasteiger partial charge is 0.123 e. The maximum absolute atomic E-state index is 6.21. The number of rotatable bonds is 6. The Hall–Kier alpha value is -0.730. The third-order valence-corrected chi connectivity index (χ3v) is 7.16. The van der Waals surface area contributed by atoms with Crippen molar-refractivity contribution < 1.29 is 4.74 Å². The van der Waals surface area contributed by atoms with Crippen LogP contribution in [0, 0.1) is 23.2 Å². The van der Waals surface area contributed by atoms with Gasteiger partial charge in [0.2, 0.25) is 0 Å². The van der Waals surface area contributed by atoms with E-state index in [-0.39, 0.29) is 0 Å². The highest BCUT2D eigenvalue weighted by Crippen LogP contribution is 2.61. The maximum atomic E-state index is 6.21. The largest absolute Gasteiger partial charge is 0.494 e. The molecule has 0 unspecified atom stereocenters. The van der Waals surface area contributed by atoms with Crippen LogP contribution in [0.25, 0.3) is 0 Å². The van der Waals surface area contributed by atoms with Crippen molar-refractivity contribution in [1.29, 1.82) is 0 Å². The number of ether oxygens (including phenoxy) is 1. The van der Waals surface area contributed by atoms with Gasteiger partial charge in [0.25, 0.3) is 0 Å². The van der Waals surface area contributed by atoms with Crippen molar-refractivity contribution in [1.82, 2.24) is 5.32 Å². The Morgan fingerprint density at radius 1 is 1.17 bits per heavy atom. The Morgan fingerprint density at radius 3 is 2.38 bits per heavy atom. The molecule has 1 atom stereocenters. The molecular weight excluding hydrogens is 318 g/mol. The van der Waals surface area contributed by atoms with Gasteiger partial charge >= 0.3 is 0 Å². The average molecular weight is 348 g/mol. The summed E-state index contributed by atoms with van der Waals surface area (Å²) in [5, 5.41) is 4.63. The van der Waals surface area contributed by atoms with Gasteiger partial charge < -0.3 is 10.1 Å². The quantitative estimate of drug-likeness (QED) is 0.740. The van der Waals surface area contributed by atoms with Crippen LogP contribution in [0.5, 0.6) is 5.75 Å². The normalized spacial score (nSPS) is 35.2. The molecule has 4 saturated carbocycles. The fourth-order valence-electron chi connectivity index (χ4n) is 6.17. The second kappa shape index (κ2) is 6.53. The molecule has 4 aliphatic rings. The van der Waals surface area contributed by atoms with Crippen molar-refractivity contribution >= 4 is 11.6 Å². The van der Waals surface area contributed by atoms with Gasteiger partial charge in [-0.1, -0.05) is 11.6 Å². The molecule has 0 heterocycles. The molecule has 0 amide bonds. The van der Waals surface area contributed by atoms with Crippen molar-refractivity contribution in [3.05, 3.63) is 28.8 Å². The molecule has 0 radical (unpaired) electrons. The number of hydrogen-bond donors (Lipinski definition) is 1. The lowest BCUT2D eigenvalue weighted by Gasteiger charge is -2.59. The predicted octanol–water partition coefficient (Wildman–Crippen LogP) is 5.43. The van der Waals surface area contributed by atoms with Crippen LogP contribution in [0.2, 0.25) is 5.02 Å². The van der Waals surface area contributed by atoms with E-state index in [0.717, 1.165) is 35.1 Å². The lowest BCUT2D eigenvalue weighted by atomic mass is 9.48. The molecule has 132 valence electrons. The monoisotopic (exact) mass is 347 g/mol. The van der Waals surface area contributed by atoms with Crippen LogP contribution in [0.4, 0.5) is 0 Å². The first kappa shape index (κ1) is 16.7. The summed E-state index contributed by atoms with van der Waals surface area (Å²) in [5.74, 6) is 3.98. The lowest BCUT2D eigenvalue weighted by molar-refractivity contribution is -0.0706. The Labute approximate surface area is 151 Å². The van der Waals surface area contributed by atoms with E-state index < -0.39 is 0 Å². The molecule has 0 aliphatic heterocycles. The summed E-state index contributed by atoms with van der Waals surface area (Å²) in [5.41, 5.74) is 1.72. The van der Waals surface area contributed by atoms with E-state index in [9.17, 15) is 0 Å². The highest BCUT2D eigenvalue weighted by Gasteiger charge is 2.52. The first-order chi connectivity index (χ1) is 11.6. The van der Waals surface area contributed by atoms with Crippen LogP contribution in [0.3, 0.4) is 0 Å². The summed E-state index contributed by atoms with van der Waals surface area (Å²) in [4.78, 5) is 0. The third kappa shape index (κ3) is 3.08. The van der Waals surface area contributed by atoms with Crippen LogP contribution in [-0.2, 0) is 6.54 Å². The summed E-state index contributed by atoms with van der Waals surface area (Å²) in [6.45, 7) is 5.99. The average Bonchev–Trinajstić information content (AvgIpc) is 2.53. The van der Waals surface area contributed by atoms with Crippen LogP contribution in [0.15, 0.2) is 18.2 Å². The molecular formula is C21H30ClNO. The van der Waals surface area contributed by atoms with Crippen LogP contribution in [0.1, 0.15) is 57.9 Å². The molecule has 24 heavy (non-hydrogen) atoms. The van der Waals surface area contributed by atoms with Gasteiger partial charge in [0.1, 0.15) is 5.75 Å². The van der Waals surface area contributed by atoms with Gasteiger partial charge in [-0.3, -0.25) is 0 Å². The first-order valence-corrected chi connectivity index (χ1v) is 10.1. The second-order valence-electron chi connectivity index (χ2n) is 8.57. The molecule has 0 spiro atoms. The van der Waals surface area contributed by atoms with E-state index in [1.807, 2.05) is 25.1 Å². The fraction of sp³-hybridized carbons (Fsp3) is 0.714. The van der Waals surface area contributed by atoms with E-state index in [0.29, 0.717) is 18.1 Å². The topological polar surface area (TPSA) is 21.3 Å². The van der Waals surface area contributed by atoms with Gasteiger partial charge in [-0.15, -0.1) is 0 Å². The summed E-state index contributed by atoms with van der Waals surface area (Å²) in [7, 11) is 0. The Morgan fingerprint density at radius 2 is 1.79 bits per heavy atom. The predicted molar refractivity (Wildman–Crippen MR) is 99.5 cm³/mol. The molecule has 1 aromatic rings. The number of halogens is 1. The number of benzene rings is 1. The van der Waals surface area contributed by atoms with E-state index >= 15 is 0 Å². The van der Waals surface area contributed by atoms with Gasteiger partial charge in [0.15, 0.2) is 0 Å². The van der Waals surface area contributed by atoms with Crippen molar-refractivity contribution in [3.63, 3.8) is 0 Å². The summed E-state index contributed by atoms with van der Waals surface area (Å²) in [6.07, 6.45) is 8.86. The minimum Gasteiger partial charge on any atom is -0.494 e. The molecule has 3 heteroatoms. The number of nitrogens with one attached hydrogen (secondary N) is 1. The van der Waals surface area contributed by atoms with Crippen LogP contribution >= 0.6 is 11.6 Å². The summed E-state index contributed by atoms with van der Waals surface area (Å²) >= 11 is 6.21. The lowest BCUT2D eigenvalue weighted by Crippen LogP contribution is -2.54. The zero-order chi connectivity index (χ0) is 16.7. The molecule has 4 bridgehead atoms. The van der Waals surface area contributed by atoms with Gasteiger partial charge in [0, 0.05) is 23.2 Å². The highest BCUT2D eigenvalue weighted by atomic mass is 35.5. The van der Waals surface area contributed by atoms with Gasteiger partial charge in [0.05, 0.1) is 6.61 Å². The van der Waals surface area contributed by atoms with Gasteiger partial charge in [-0.2, -0.15) is 0 Å². The Kier molecular flexibility index (Phi) is 4.55. The standard InChI is InChI=1S/C21H30ClNO/c1-3-24-20-5-4-19(22)9-18(20)13-23-14(2)21-10-15-6-16(11-21)8-17(7-15)12-21/h4-5,9,14-17,23H,3,6-8,10-13H2,1-2H3/t14-,15?,16?,17?,21?/m0/s1. The minimum absolute atomic E-state index is 0.541. The molecule has 4 fully saturated rings. The molecule has 1 N–H and O–H groups in total. The van der Waals surface area contributed by atoms with E-state index in [1.165, 1.54) is 44.1 Å². The molecule has 0 aromatic heterocycles. The van der Waals surface area contributed by atoms with Crippen molar-refractivity contribution in [2.24, 2.45) is 23.2 Å². The zero-order valence-corrected chi connectivity index (χ0v) is 15.7. The second-order valence-corrected chi connectivity index (χ2v) is 9.00. The van der Waals surface area contributed by atoms with Crippen LogP contribution < -0.4 is 10.1 Å². The molecule has 4 aliphatic carbocycles. The molecule has 5 rings (SSSR count). The highest BCUT2D eigenvalue weighted by molar-refractivity contribution is 6.30. The summed E-state index contributed by atoms with van der Waals surface area (Å²) < 4.78 is 5.77. The SMILES string of the molecule is CCOc1ccc(Cl)cc1CN[C@@H](C)C12CC3CC(CC(C3)C1)C2. The third-order valence-electron chi connectivity index (χ3n) is 6.93. The first-order valence-electron chi connectivity index (χ1n) is 9.72. The summed E-state index contributed by atoms with van der Waals surface area (Å²) in [6, 6.07) is 6.53. The maximum Gasteiger partial charge on any atom is 0.123 e. The van der Waals surface area contributed by atoms with E-state index in [1.54, 1.807) is 0 Å². The zero-order valence-electron chi connectivity index (χ0n) is 15.0. The van der Waals surface area contributed by atoms with Crippen molar-refractivity contribution in [2.45, 2.75) is 65.0 Å². The van der Waals surface area contributed by atoms with Crippen molar-refractivity contribution in [2.75, 3.05) is 6.61 Å². The number of hydrogen-bond acceptors (Lipinski definition) is 2. The van der Waals surface area contributed by atoms with Crippen molar-refractivity contribution in [3.8, 4) is 5.75 Å². The fourth-order valence-corrected chi connectivity index (χ4v) is 6.36.